The van der Waals surface area contributed by atoms with Crippen molar-refractivity contribution in [1.29, 1.82) is 0 Å². The number of halogens is 3. The Bertz CT molecular complexity index is 1190. The van der Waals surface area contributed by atoms with Crippen LogP contribution in [0.5, 0.6) is 0 Å². The number of unbranched alkanes of at least 4 members (excludes halogenated alkanes) is 1. The van der Waals surface area contributed by atoms with Crippen LogP contribution in [0.1, 0.15) is 46.2 Å². The smallest absolute Gasteiger partial charge is 0.322 e. The Kier molecular flexibility index (Phi) is 12.2. The molecule has 3 rings (SSSR count). The van der Waals surface area contributed by atoms with Gasteiger partial charge in [-0.2, -0.15) is 0 Å². The van der Waals surface area contributed by atoms with Gasteiger partial charge in [-0.3, -0.25) is 0 Å². The summed E-state index contributed by atoms with van der Waals surface area (Å²) in [5, 5.41) is 3.80. The summed E-state index contributed by atoms with van der Waals surface area (Å²) < 4.78 is 0.904. The minimum atomic E-state index is -0.196. The van der Waals surface area contributed by atoms with Crippen LogP contribution in [0.25, 0.3) is 0 Å². The van der Waals surface area contributed by atoms with Crippen LogP contribution in [-0.4, -0.2) is 42.6 Å². The average molecular weight is 621 g/mol. The molecule has 0 aliphatic rings. The Morgan fingerprint density at radius 2 is 1.32 bits per heavy atom. The molecule has 0 aromatic heterocycles. The number of amides is 2. The van der Waals surface area contributed by atoms with Gasteiger partial charge in [-0.25, -0.2) is 4.79 Å². The fourth-order valence-electron chi connectivity index (χ4n) is 5.01. The highest BCUT2D eigenvalue weighted by atomic mass is 79.9. The van der Waals surface area contributed by atoms with Crippen molar-refractivity contribution in [3.8, 4) is 0 Å². The zero-order valence-electron chi connectivity index (χ0n) is 23.4. The summed E-state index contributed by atoms with van der Waals surface area (Å²) in [7, 11) is 4.55. The van der Waals surface area contributed by atoms with E-state index in [-0.39, 0.29) is 23.0 Å². The Labute approximate surface area is 249 Å². The van der Waals surface area contributed by atoms with Crippen molar-refractivity contribution in [3.05, 3.63) is 98.0 Å². The highest BCUT2D eigenvalue weighted by Gasteiger charge is 2.20. The van der Waals surface area contributed by atoms with Crippen molar-refractivity contribution in [2.24, 2.45) is 0 Å². The van der Waals surface area contributed by atoms with Crippen molar-refractivity contribution in [2.45, 2.75) is 53.6 Å². The third-order valence-electron chi connectivity index (χ3n) is 6.47. The number of aryl methyl sites for hydroxylation is 4. The maximum atomic E-state index is 13.4. The molecule has 206 valence electrons. The molecule has 4 nitrogen and oxygen atoms in total. The van der Waals surface area contributed by atoms with Gasteiger partial charge in [-0.05, 0) is 58.2 Å². The second-order valence-corrected chi connectivity index (χ2v) is 11.8. The van der Waals surface area contributed by atoms with Gasteiger partial charge in [0.15, 0.2) is 0 Å². The highest BCUT2D eigenvalue weighted by molar-refractivity contribution is 6.39. The molecule has 0 fully saturated rings. The van der Waals surface area contributed by atoms with Crippen LogP contribution in [0.2, 0.25) is 10.0 Å². The van der Waals surface area contributed by atoms with Gasteiger partial charge in [0.25, 0.3) is 0 Å². The van der Waals surface area contributed by atoms with Crippen molar-refractivity contribution < 1.29 is 26.3 Å². The summed E-state index contributed by atoms with van der Waals surface area (Å²) in [5.74, 6) is 0. The normalized spacial score (nSPS) is 11.2. The molecule has 0 aliphatic carbocycles. The topological polar surface area (TPSA) is 32.3 Å². The van der Waals surface area contributed by atoms with E-state index in [2.05, 4.69) is 83.5 Å². The van der Waals surface area contributed by atoms with E-state index in [1.165, 1.54) is 27.8 Å². The summed E-state index contributed by atoms with van der Waals surface area (Å²) in [6, 6.07) is 18.2. The predicted octanol–water partition coefficient (Wildman–Crippen LogP) is 5.32. The van der Waals surface area contributed by atoms with Crippen LogP contribution in [0.4, 0.5) is 10.5 Å². The summed E-state index contributed by atoms with van der Waals surface area (Å²) >= 11 is 12.6. The molecule has 0 radical (unpaired) electrons. The summed E-state index contributed by atoms with van der Waals surface area (Å²) in [6.45, 7) is 11.7. The first-order chi connectivity index (χ1) is 17.4. The number of benzene rings is 3. The van der Waals surface area contributed by atoms with E-state index >= 15 is 0 Å². The molecular weight excluding hydrogens is 581 g/mol. The SMILES string of the molecule is Cc1cc(C)cc(CN(CCCC[N+](C)(C)Cc2cc(C)cc(C)c2)C(=O)Nc2c(Cl)cccc2Cl)c1.[Br-]. The van der Waals surface area contributed by atoms with E-state index < -0.39 is 0 Å². The second-order valence-electron chi connectivity index (χ2n) is 11.0. The summed E-state index contributed by atoms with van der Waals surface area (Å²) in [5.41, 5.74) is 7.93. The van der Waals surface area contributed by atoms with Crippen molar-refractivity contribution in [2.75, 3.05) is 32.5 Å². The molecule has 0 atom stereocenters. The molecule has 0 saturated carbocycles. The van der Waals surface area contributed by atoms with Crippen molar-refractivity contribution in [3.63, 3.8) is 0 Å². The number of para-hydroxylation sites is 1. The number of rotatable bonds is 10. The Hall–Kier alpha value is -2.05. The number of nitrogens with one attached hydrogen (secondary N) is 1. The standard InChI is InChI=1S/C31H39Cl2N3O.BrH/c1-22-14-23(2)17-26(16-22)20-35(31(37)34-30-28(32)10-9-11-29(30)33)12-7-8-13-36(5,6)21-27-18-24(3)15-25(4)19-27;/h9-11,14-19H,7-8,12-13,20-21H2,1-6H3;1H. The molecule has 1 N–H and O–H groups in total. The Balaban J connectivity index is 0.00000507. The zero-order valence-corrected chi connectivity index (χ0v) is 26.5. The number of nitrogens with zero attached hydrogens (tertiary/aromatic N) is 2. The number of quaternary nitrogens is 1. The number of hydrogen-bond donors (Lipinski definition) is 1. The number of anilines is 1. The van der Waals surface area contributed by atoms with Gasteiger partial charge in [0.2, 0.25) is 0 Å². The molecule has 38 heavy (non-hydrogen) atoms. The third-order valence-corrected chi connectivity index (χ3v) is 7.10. The number of urea groups is 1. The molecule has 2 amide bonds. The minimum absolute atomic E-state index is 0. The van der Waals surface area contributed by atoms with Crippen LogP contribution in [-0.2, 0) is 13.1 Å². The average Bonchev–Trinajstić information content (AvgIpc) is 2.76. The van der Waals surface area contributed by atoms with E-state index in [1.54, 1.807) is 18.2 Å². The fraction of sp³-hybridized carbons (Fsp3) is 0.387. The Morgan fingerprint density at radius 3 is 1.84 bits per heavy atom. The third kappa shape index (κ3) is 9.92. The fourth-order valence-corrected chi connectivity index (χ4v) is 5.50. The maximum Gasteiger partial charge on any atom is 0.322 e. The van der Waals surface area contributed by atoms with Gasteiger partial charge in [-0.15, -0.1) is 0 Å². The van der Waals surface area contributed by atoms with Crippen LogP contribution in [0.15, 0.2) is 54.6 Å². The quantitative estimate of drug-likeness (QED) is 0.241. The van der Waals surface area contributed by atoms with Crippen LogP contribution >= 0.6 is 23.2 Å². The van der Waals surface area contributed by atoms with Crippen LogP contribution in [0, 0.1) is 27.7 Å². The number of hydrogen-bond acceptors (Lipinski definition) is 1. The largest absolute Gasteiger partial charge is 1.00 e. The van der Waals surface area contributed by atoms with Crippen LogP contribution < -0.4 is 22.3 Å². The lowest BCUT2D eigenvalue weighted by Crippen LogP contribution is -3.00. The number of carbonyl (C=O) groups excluding carboxylic acids is 1. The lowest BCUT2D eigenvalue weighted by molar-refractivity contribution is -0.903. The number of carbonyl (C=O) groups is 1. The highest BCUT2D eigenvalue weighted by Crippen LogP contribution is 2.30. The van der Waals surface area contributed by atoms with Gasteiger partial charge >= 0.3 is 6.03 Å². The van der Waals surface area contributed by atoms with Gasteiger partial charge in [0.05, 0.1) is 36.4 Å². The van der Waals surface area contributed by atoms with E-state index in [0.29, 0.717) is 28.8 Å². The van der Waals surface area contributed by atoms with Gasteiger partial charge in [0.1, 0.15) is 6.54 Å². The molecule has 0 aliphatic heterocycles. The molecular formula is C31H40BrCl2N3O. The molecule has 7 heteroatoms. The molecule has 3 aromatic carbocycles. The minimum Gasteiger partial charge on any atom is -1.00 e. The predicted molar refractivity (Wildman–Crippen MR) is 158 cm³/mol. The van der Waals surface area contributed by atoms with Gasteiger partial charge < -0.3 is 31.7 Å². The van der Waals surface area contributed by atoms with Gasteiger partial charge in [0, 0.05) is 18.7 Å². The van der Waals surface area contributed by atoms with Crippen LogP contribution in [0.3, 0.4) is 0 Å². The summed E-state index contributed by atoms with van der Waals surface area (Å²) in [4.78, 5) is 15.2. The molecule has 0 saturated heterocycles. The lowest BCUT2D eigenvalue weighted by Gasteiger charge is -2.31. The molecule has 0 unspecified atom stereocenters. The van der Waals surface area contributed by atoms with E-state index in [4.69, 9.17) is 23.2 Å². The maximum absolute atomic E-state index is 13.4. The van der Waals surface area contributed by atoms with E-state index in [1.807, 2.05) is 4.90 Å². The zero-order chi connectivity index (χ0) is 27.2. The van der Waals surface area contributed by atoms with Crippen molar-refractivity contribution >= 4 is 34.9 Å². The first-order valence-corrected chi connectivity index (χ1v) is 13.6. The van der Waals surface area contributed by atoms with Gasteiger partial charge in [-0.1, -0.05) is 87.9 Å². The molecule has 0 spiro atoms. The molecule has 0 heterocycles. The summed E-state index contributed by atoms with van der Waals surface area (Å²) in [6.07, 6.45) is 1.92. The molecule has 0 bridgehead atoms. The monoisotopic (exact) mass is 619 g/mol. The lowest BCUT2D eigenvalue weighted by atomic mass is 10.1. The van der Waals surface area contributed by atoms with E-state index in [9.17, 15) is 4.79 Å². The second kappa shape index (κ2) is 14.4. The van der Waals surface area contributed by atoms with Crippen molar-refractivity contribution in [1.82, 2.24) is 4.90 Å². The first-order valence-electron chi connectivity index (χ1n) is 12.9. The molecule has 3 aromatic rings. The Morgan fingerprint density at radius 1 is 0.816 bits per heavy atom. The van der Waals surface area contributed by atoms with E-state index in [0.717, 1.165) is 36.0 Å². The first kappa shape index (κ1) is 32.2.